The number of unbranched alkanes of at least 4 members (excludes halogenated alkanes) is 1. The lowest BCUT2D eigenvalue weighted by Gasteiger charge is -2.26. The Morgan fingerprint density at radius 2 is 2.23 bits per heavy atom. The first-order chi connectivity index (χ1) is 12.5. The van der Waals surface area contributed by atoms with Crippen LogP contribution in [-0.4, -0.2) is 36.8 Å². The molecular formula is C19H28N2O5. The van der Waals surface area contributed by atoms with E-state index in [1.54, 1.807) is 0 Å². The number of nitrogens with zero attached hydrogens (tertiary/aromatic N) is 1. The van der Waals surface area contributed by atoms with Gasteiger partial charge < -0.3 is 14.8 Å². The third kappa shape index (κ3) is 5.69. The highest BCUT2D eigenvalue weighted by atomic mass is 16.6. The molecule has 1 saturated heterocycles. The maximum Gasteiger partial charge on any atom is 0.338 e. The molecule has 26 heavy (non-hydrogen) atoms. The lowest BCUT2D eigenvalue weighted by atomic mass is 10.0. The van der Waals surface area contributed by atoms with E-state index in [4.69, 9.17) is 9.47 Å². The summed E-state index contributed by atoms with van der Waals surface area (Å²) in [4.78, 5) is 23.1. The van der Waals surface area contributed by atoms with Crippen molar-refractivity contribution in [2.45, 2.75) is 52.1 Å². The molecule has 1 aromatic rings. The SMILES string of the molecule is CCCCC(CC)COC(=O)c1ccc([N+](=O)[O-])c(NC[C@@H]2CCO2)c1. The summed E-state index contributed by atoms with van der Waals surface area (Å²) in [6.07, 6.45) is 5.22. The quantitative estimate of drug-likeness (QED) is 0.360. The molecule has 1 unspecified atom stereocenters. The first-order valence-corrected chi connectivity index (χ1v) is 9.36. The molecule has 1 N–H and O–H groups in total. The second-order valence-electron chi connectivity index (χ2n) is 6.67. The van der Waals surface area contributed by atoms with Crippen LogP contribution in [-0.2, 0) is 9.47 Å². The van der Waals surface area contributed by atoms with E-state index < -0.39 is 10.9 Å². The van der Waals surface area contributed by atoms with E-state index >= 15 is 0 Å². The van der Waals surface area contributed by atoms with Crippen LogP contribution in [0, 0.1) is 16.0 Å². The number of ether oxygens (including phenoxy) is 2. The highest BCUT2D eigenvalue weighted by Gasteiger charge is 2.22. The van der Waals surface area contributed by atoms with Crippen molar-refractivity contribution in [3.8, 4) is 0 Å². The summed E-state index contributed by atoms with van der Waals surface area (Å²) in [6.45, 7) is 5.81. The van der Waals surface area contributed by atoms with E-state index in [0.29, 0.717) is 30.3 Å². The second kappa shape index (κ2) is 10.1. The minimum atomic E-state index is -0.461. The number of benzene rings is 1. The van der Waals surface area contributed by atoms with Crippen LogP contribution in [0.5, 0.6) is 0 Å². The normalized spacial score (nSPS) is 17.2. The van der Waals surface area contributed by atoms with Crippen LogP contribution in [0.1, 0.15) is 56.3 Å². The molecule has 1 aromatic carbocycles. The molecule has 1 fully saturated rings. The number of nitrogens with one attached hydrogen (secondary N) is 1. The Morgan fingerprint density at radius 1 is 1.46 bits per heavy atom. The Bertz CT molecular complexity index is 616. The predicted octanol–water partition coefficient (Wildman–Crippen LogP) is 4.17. The molecule has 1 aliphatic heterocycles. The number of esters is 1. The van der Waals surface area contributed by atoms with E-state index in [2.05, 4.69) is 19.2 Å². The second-order valence-corrected chi connectivity index (χ2v) is 6.67. The molecule has 1 heterocycles. The van der Waals surface area contributed by atoms with E-state index in [-0.39, 0.29) is 11.8 Å². The van der Waals surface area contributed by atoms with Crippen LogP contribution in [0.3, 0.4) is 0 Å². The van der Waals surface area contributed by atoms with Gasteiger partial charge in [-0.1, -0.05) is 33.1 Å². The van der Waals surface area contributed by atoms with Crippen molar-refractivity contribution in [1.82, 2.24) is 0 Å². The van der Waals surface area contributed by atoms with Crippen LogP contribution in [0.15, 0.2) is 18.2 Å². The van der Waals surface area contributed by atoms with Gasteiger partial charge in [-0.2, -0.15) is 0 Å². The molecule has 7 nitrogen and oxygen atoms in total. The fourth-order valence-corrected chi connectivity index (χ4v) is 2.81. The topological polar surface area (TPSA) is 90.7 Å². The lowest BCUT2D eigenvalue weighted by molar-refractivity contribution is -0.384. The summed E-state index contributed by atoms with van der Waals surface area (Å²) in [5, 5.41) is 14.2. The number of hydrogen-bond acceptors (Lipinski definition) is 6. The summed E-state index contributed by atoms with van der Waals surface area (Å²) in [5.74, 6) is -0.0944. The number of anilines is 1. The standard InChI is InChI=1S/C19H28N2O5/c1-3-5-6-14(4-2)13-26-19(22)15-7-8-18(21(23)24)17(11-15)20-12-16-9-10-25-16/h7-8,11,14,16,20H,3-6,9-10,12-13H2,1-2H3/t14?,16-/m0/s1. The van der Waals surface area contributed by atoms with E-state index in [1.165, 1.54) is 18.2 Å². The Labute approximate surface area is 154 Å². The molecule has 0 radical (unpaired) electrons. The Kier molecular flexibility index (Phi) is 7.84. The molecule has 2 atom stereocenters. The van der Waals surface area contributed by atoms with Gasteiger partial charge >= 0.3 is 5.97 Å². The highest BCUT2D eigenvalue weighted by molar-refractivity contribution is 5.91. The summed E-state index contributed by atoms with van der Waals surface area (Å²) in [7, 11) is 0. The molecular weight excluding hydrogens is 336 g/mol. The third-order valence-electron chi connectivity index (χ3n) is 4.74. The van der Waals surface area contributed by atoms with Gasteiger partial charge in [-0.15, -0.1) is 0 Å². The van der Waals surface area contributed by atoms with Crippen LogP contribution in [0.2, 0.25) is 0 Å². The number of carbonyl (C=O) groups excluding carboxylic acids is 1. The van der Waals surface area contributed by atoms with Crippen molar-refractivity contribution >= 4 is 17.3 Å². The molecule has 0 bridgehead atoms. The monoisotopic (exact) mass is 364 g/mol. The Morgan fingerprint density at radius 3 is 2.81 bits per heavy atom. The molecule has 0 amide bonds. The average Bonchev–Trinajstić information content (AvgIpc) is 2.60. The predicted molar refractivity (Wildman–Crippen MR) is 99.5 cm³/mol. The van der Waals surface area contributed by atoms with Crippen molar-refractivity contribution in [3.63, 3.8) is 0 Å². The third-order valence-corrected chi connectivity index (χ3v) is 4.74. The number of nitro groups is 1. The van der Waals surface area contributed by atoms with Gasteiger partial charge in [0.1, 0.15) is 5.69 Å². The van der Waals surface area contributed by atoms with Gasteiger partial charge in [-0.05, 0) is 30.9 Å². The van der Waals surface area contributed by atoms with Gasteiger partial charge in [0.2, 0.25) is 0 Å². The Hall–Kier alpha value is -2.15. The summed E-state index contributed by atoms with van der Waals surface area (Å²) in [6, 6.07) is 4.28. The van der Waals surface area contributed by atoms with E-state index in [1.807, 2.05) is 0 Å². The molecule has 1 aliphatic rings. The molecule has 0 spiro atoms. The first kappa shape index (κ1) is 20.2. The maximum absolute atomic E-state index is 12.3. The molecule has 2 rings (SSSR count). The van der Waals surface area contributed by atoms with Crippen molar-refractivity contribution < 1.29 is 19.2 Å². The smallest absolute Gasteiger partial charge is 0.338 e. The zero-order valence-corrected chi connectivity index (χ0v) is 15.5. The van der Waals surface area contributed by atoms with Crippen LogP contribution < -0.4 is 5.32 Å². The van der Waals surface area contributed by atoms with E-state index in [9.17, 15) is 14.9 Å². The highest BCUT2D eigenvalue weighted by Crippen LogP contribution is 2.27. The van der Waals surface area contributed by atoms with Gasteiger partial charge in [0.15, 0.2) is 0 Å². The van der Waals surface area contributed by atoms with Gasteiger partial charge in [0, 0.05) is 19.2 Å². The van der Waals surface area contributed by atoms with Gasteiger partial charge in [-0.3, -0.25) is 10.1 Å². The minimum Gasteiger partial charge on any atom is -0.462 e. The lowest BCUT2D eigenvalue weighted by Crippen LogP contribution is -2.33. The zero-order chi connectivity index (χ0) is 18.9. The minimum absolute atomic E-state index is 0.0600. The zero-order valence-electron chi connectivity index (χ0n) is 15.5. The number of hydrogen-bond donors (Lipinski definition) is 1. The largest absolute Gasteiger partial charge is 0.462 e. The van der Waals surface area contributed by atoms with Crippen LogP contribution in [0.25, 0.3) is 0 Å². The fraction of sp³-hybridized carbons (Fsp3) is 0.632. The van der Waals surface area contributed by atoms with Crippen molar-refractivity contribution in [2.75, 3.05) is 25.1 Å². The molecule has 0 saturated carbocycles. The first-order valence-electron chi connectivity index (χ1n) is 9.36. The maximum atomic E-state index is 12.3. The van der Waals surface area contributed by atoms with Crippen LogP contribution in [0.4, 0.5) is 11.4 Å². The molecule has 0 aromatic heterocycles. The van der Waals surface area contributed by atoms with E-state index in [0.717, 1.165) is 38.7 Å². The fourth-order valence-electron chi connectivity index (χ4n) is 2.81. The van der Waals surface area contributed by atoms with Crippen molar-refractivity contribution in [2.24, 2.45) is 5.92 Å². The molecule has 7 heteroatoms. The summed E-state index contributed by atoms with van der Waals surface area (Å²) < 4.78 is 10.7. The van der Waals surface area contributed by atoms with Crippen molar-refractivity contribution in [3.05, 3.63) is 33.9 Å². The summed E-state index contributed by atoms with van der Waals surface area (Å²) >= 11 is 0. The van der Waals surface area contributed by atoms with Gasteiger partial charge in [-0.25, -0.2) is 4.79 Å². The number of nitro benzene ring substituents is 1. The van der Waals surface area contributed by atoms with Gasteiger partial charge in [0.05, 0.1) is 23.2 Å². The van der Waals surface area contributed by atoms with Crippen molar-refractivity contribution in [1.29, 1.82) is 0 Å². The average molecular weight is 364 g/mol. The van der Waals surface area contributed by atoms with Crippen LogP contribution >= 0.6 is 0 Å². The summed E-state index contributed by atoms with van der Waals surface area (Å²) in [5.41, 5.74) is 0.575. The van der Waals surface area contributed by atoms with Gasteiger partial charge in [0.25, 0.3) is 5.69 Å². The molecule has 0 aliphatic carbocycles. The number of carbonyl (C=O) groups is 1. The Balaban J connectivity index is 2.00. The molecule has 144 valence electrons. The number of rotatable bonds is 11.